The molecule has 0 atom stereocenters. The molecule has 9 heteroatoms. The molecule has 0 aliphatic heterocycles. The summed E-state index contributed by atoms with van der Waals surface area (Å²) in [5.41, 5.74) is -1.58. The summed E-state index contributed by atoms with van der Waals surface area (Å²) in [6, 6.07) is 0. The van der Waals surface area contributed by atoms with E-state index in [1.807, 2.05) is 4.98 Å². The molecule has 1 heterocycles. The summed E-state index contributed by atoms with van der Waals surface area (Å²) in [7, 11) is 0. The average molecular weight is 344 g/mol. The molecule has 0 amide bonds. The fourth-order valence-corrected chi connectivity index (χ4v) is 1.87. The third-order valence-electron chi connectivity index (χ3n) is 2.00. The molecular weight excluding hydrogens is 335 g/mol. The number of nitrogens with one attached hydrogen (secondary N) is 1. The van der Waals surface area contributed by atoms with Gasteiger partial charge in [0.1, 0.15) is 5.56 Å². The number of alkyl halides is 4. The van der Waals surface area contributed by atoms with Gasteiger partial charge in [0.25, 0.3) is 5.56 Å². The van der Waals surface area contributed by atoms with E-state index in [9.17, 15) is 22.8 Å². The maximum absolute atomic E-state index is 12.2. The van der Waals surface area contributed by atoms with Crippen molar-refractivity contribution in [3.05, 3.63) is 27.7 Å². The number of carbonyl (C=O) groups excluding carboxylic acids is 1. The van der Waals surface area contributed by atoms with E-state index in [-0.39, 0.29) is 17.5 Å². The molecule has 0 aliphatic rings. The van der Waals surface area contributed by atoms with Crippen LogP contribution in [0.1, 0.15) is 22.8 Å². The molecule has 1 rings (SSSR count). The molecule has 0 aromatic carbocycles. The van der Waals surface area contributed by atoms with Crippen molar-refractivity contribution in [2.75, 3.05) is 6.61 Å². The molecule has 1 N–H and O–H groups in total. The Hall–Kier alpha value is -1.51. The first kappa shape index (κ1) is 15.5. The fourth-order valence-electron chi connectivity index (χ4n) is 1.32. The number of rotatable bonds is 4. The Morgan fingerprint density at radius 2 is 2.11 bits per heavy atom. The second kappa shape index (κ2) is 6.09. The zero-order chi connectivity index (χ0) is 14.6. The van der Waals surface area contributed by atoms with Crippen molar-refractivity contribution < 1.29 is 27.4 Å². The largest absolute Gasteiger partial charge is 0.573 e. The zero-order valence-corrected chi connectivity index (χ0v) is 11.2. The second-order valence-corrected chi connectivity index (χ2v) is 3.80. The molecule has 0 bridgehead atoms. The highest BCUT2D eigenvalue weighted by atomic mass is 79.9. The normalized spacial score (nSPS) is 11.2. The van der Waals surface area contributed by atoms with Crippen LogP contribution in [0.2, 0.25) is 0 Å². The molecule has 0 radical (unpaired) electrons. The zero-order valence-electron chi connectivity index (χ0n) is 9.64. The van der Waals surface area contributed by atoms with Crippen LogP contribution < -0.4 is 10.3 Å². The summed E-state index contributed by atoms with van der Waals surface area (Å²) in [5, 5.41) is -0.170. The maximum Gasteiger partial charge on any atom is 0.573 e. The van der Waals surface area contributed by atoms with E-state index in [0.717, 1.165) is 6.20 Å². The predicted molar refractivity (Wildman–Crippen MR) is 62.3 cm³/mol. The van der Waals surface area contributed by atoms with E-state index in [0.29, 0.717) is 0 Å². The monoisotopic (exact) mass is 343 g/mol. The Balaban J connectivity index is 3.33. The van der Waals surface area contributed by atoms with E-state index in [1.54, 1.807) is 0 Å². The molecule has 1 aromatic rings. The quantitative estimate of drug-likeness (QED) is 0.673. The van der Waals surface area contributed by atoms with Crippen molar-refractivity contribution in [2.45, 2.75) is 18.6 Å². The van der Waals surface area contributed by atoms with Crippen molar-refractivity contribution in [3.8, 4) is 5.75 Å². The molecule has 0 spiro atoms. The highest BCUT2D eigenvalue weighted by molar-refractivity contribution is 9.08. The van der Waals surface area contributed by atoms with Crippen LogP contribution in [0.15, 0.2) is 11.0 Å². The second-order valence-electron chi connectivity index (χ2n) is 3.24. The molecular formula is C10H9BrF3NO4. The van der Waals surface area contributed by atoms with Gasteiger partial charge in [-0.05, 0) is 6.92 Å². The first-order valence-electron chi connectivity index (χ1n) is 5.03. The smallest absolute Gasteiger partial charge is 0.462 e. The van der Waals surface area contributed by atoms with Crippen molar-refractivity contribution in [1.29, 1.82) is 0 Å². The van der Waals surface area contributed by atoms with Crippen LogP contribution >= 0.6 is 15.9 Å². The van der Waals surface area contributed by atoms with Crippen molar-refractivity contribution in [3.63, 3.8) is 0 Å². The summed E-state index contributed by atoms with van der Waals surface area (Å²) in [6.07, 6.45) is -4.18. The van der Waals surface area contributed by atoms with E-state index in [4.69, 9.17) is 0 Å². The summed E-state index contributed by atoms with van der Waals surface area (Å²) < 4.78 is 44.9. The van der Waals surface area contributed by atoms with Crippen LogP contribution in [0.4, 0.5) is 13.2 Å². The van der Waals surface area contributed by atoms with Gasteiger partial charge in [-0.3, -0.25) is 4.79 Å². The lowest BCUT2D eigenvalue weighted by Gasteiger charge is -2.13. The molecule has 0 aliphatic carbocycles. The van der Waals surface area contributed by atoms with Gasteiger partial charge in [0.2, 0.25) is 0 Å². The number of pyridine rings is 1. The van der Waals surface area contributed by atoms with Gasteiger partial charge in [-0.1, -0.05) is 15.9 Å². The summed E-state index contributed by atoms with van der Waals surface area (Å²) in [4.78, 5) is 25.1. The third-order valence-corrected chi connectivity index (χ3v) is 2.56. The number of hydrogen-bond acceptors (Lipinski definition) is 4. The Bertz CT molecular complexity index is 526. The molecule has 1 aromatic heterocycles. The standard InChI is InChI=1S/C10H9BrF3NO4/c1-2-18-9(17)7-5(3-11)6(4-15-8(7)16)19-10(12,13)14/h4H,2-3H2,1H3,(H,15,16). The van der Waals surface area contributed by atoms with Crippen LogP contribution in [0, 0.1) is 0 Å². The first-order chi connectivity index (χ1) is 8.80. The van der Waals surface area contributed by atoms with Gasteiger partial charge >= 0.3 is 12.3 Å². The highest BCUT2D eigenvalue weighted by Gasteiger charge is 2.33. The van der Waals surface area contributed by atoms with Gasteiger partial charge in [0.05, 0.1) is 6.61 Å². The Kier molecular flexibility index (Phi) is 4.98. The SMILES string of the molecule is CCOC(=O)c1c(CBr)c(OC(F)(F)F)c[nH]c1=O. The van der Waals surface area contributed by atoms with Crippen LogP contribution in [0.25, 0.3) is 0 Å². The number of aromatic nitrogens is 1. The fraction of sp³-hybridized carbons (Fsp3) is 0.400. The van der Waals surface area contributed by atoms with Crippen LogP contribution in [-0.2, 0) is 10.1 Å². The number of aromatic amines is 1. The number of halogens is 4. The van der Waals surface area contributed by atoms with Gasteiger partial charge in [-0.25, -0.2) is 4.79 Å². The molecule has 0 saturated heterocycles. The van der Waals surface area contributed by atoms with Gasteiger partial charge < -0.3 is 14.5 Å². The first-order valence-corrected chi connectivity index (χ1v) is 6.15. The minimum Gasteiger partial charge on any atom is -0.462 e. The van der Waals surface area contributed by atoms with Crippen LogP contribution in [0.3, 0.4) is 0 Å². The summed E-state index contributed by atoms with van der Waals surface area (Å²) >= 11 is 2.91. The topological polar surface area (TPSA) is 68.4 Å². The third kappa shape index (κ3) is 3.98. The predicted octanol–water partition coefficient (Wildman–Crippen LogP) is 2.35. The number of hydrogen-bond donors (Lipinski definition) is 1. The minimum atomic E-state index is -4.93. The van der Waals surface area contributed by atoms with Crippen molar-refractivity contribution >= 4 is 21.9 Å². The molecule has 106 valence electrons. The van der Waals surface area contributed by atoms with Gasteiger partial charge in [0.15, 0.2) is 5.75 Å². The maximum atomic E-state index is 12.2. The lowest BCUT2D eigenvalue weighted by Crippen LogP contribution is -2.25. The molecule has 0 saturated carbocycles. The molecule has 0 fully saturated rings. The van der Waals surface area contributed by atoms with E-state index in [2.05, 4.69) is 25.4 Å². The lowest BCUT2D eigenvalue weighted by molar-refractivity contribution is -0.275. The average Bonchev–Trinajstić information content (AvgIpc) is 2.29. The van der Waals surface area contributed by atoms with Crippen LogP contribution in [-0.4, -0.2) is 23.9 Å². The number of ether oxygens (including phenoxy) is 2. The Morgan fingerprint density at radius 1 is 1.47 bits per heavy atom. The van der Waals surface area contributed by atoms with Crippen molar-refractivity contribution in [2.24, 2.45) is 0 Å². The Morgan fingerprint density at radius 3 is 2.58 bits per heavy atom. The Labute approximate surface area is 113 Å². The molecule has 0 unspecified atom stereocenters. The van der Waals surface area contributed by atoms with E-state index in [1.165, 1.54) is 6.92 Å². The van der Waals surface area contributed by atoms with E-state index < -0.39 is 29.2 Å². The summed E-state index contributed by atoms with van der Waals surface area (Å²) in [5.74, 6) is -1.67. The number of carbonyl (C=O) groups is 1. The van der Waals surface area contributed by atoms with Gasteiger partial charge in [0, 0.05) is 17.1 Å². The molecule has 19 heavy (non-hydrogen) atoms. The number of H-pyrrole nitrogens is 1. The minimum absolute atomic E-state index is 0.00957. The lowest BCUT2D eigenvalue weighted by atomic mass is 10.1. The van der Waals surface area contributed by atoms with E-state index >= 15 is 0 Å². The highest BCUT2D eigenvalue weighted by Crippen LogP contribution is 2.28. The summed E-state index contributed by atoms with van der Waals surface area (Å²) in [6.45, 7) is 1.50. The van der Waals surface area contributed by atoms with Gasteiger partial charge in [-0.2, -0.15) is 0 Å². The molecule has 5 nitrogen and oxygen atoms in total. The van der Waals surface area contributed by atoms with Gasteiger partial charge in [-0.15, -0.1) is 13.2 Å². The van der Waals surface area contributed by atoms with Crippen molar-refractivity contribution in [1.82, 2.24) is 4.98 Å². The van der Waals surface area contributed by atoms with Crippen LogP contribution in [0.5, 0.6) is 5.75 Å². The number of esters is 1.